The number of hydrogen-bond donors (Lipinski definition) is 3. The fourth-order valence-corrected chi connectivity index (χ4v) is 3.79. The van der Waals surface area contributed by atoms with Gasteiger partial charge in [0, 0.05) is 17.1 Å². The Kier molecular flexibility index (Phi) is 7.99. The zero-order valence-corrected chi connectivity index (χ0v) is 18.1. The molecule has 0 bridgehead atoms. The van der Waals surface area contributed by atoms with Crippen molar-refractivity contribution in [2.75, 3.05) is 5.32 Å². The number of amides is 2. The zero-order chi connectivity index (χ0) is 21.3. The Labute approximate surface area is 186 Å². The van der Waals surface area contributed by atoms with Gasteiger partial charge in [-0.1, -0.05) is 61.2 Å². The third-order valence-electron chi connectivity index (χ3n) is 4.92. The Balaban J connectivity index is 1.59. The van der Waals surface area contributed by atoms with Crippen LogP contribution in [0.4, 0.5) is 5.69 Å². The molecule has 1 fully saturated rings. The van der Waals surface area contributed by atoms with Gasteiger partial charge in [-0.25, -0.2) is 0 Å². The quantitative estimate of drug-likeness (QED) is 0.454. The normalized spacial score (nSPS) is 14.3. The number of benzene rings is 2. The second-order valence-corrected chi connectivity index (χ2v) is 7.97. The first-order chi connectivity index (χ1) is 14.5. The molecule has 0 aromatic heterocycles. The zero-order valence-electron chi connectivity index (χ0n) is 16.5. The average Bonchev–Trinajstić information content (AvgIpc) is 2.74. The largest absolute Gasteiger partial charge is 0.349 e. The molecular weight excluding hydrogens is 418 g/mol. The van der Waals surface area contributed by atoms with Crippen LogP contribution in [0.15, 0.2) is 54.6 Å². The highest BCUT2D eigenvalue weighted by Crippen LogP contribution is 2.20. The van der Waals surface area contributed by atoms with Gasteiger partial charge >= 0.3 is 0 Å². The van der Waals surface area contributed by atoms with Crippen LogP contribution in [0, 0.1) is 0 Å². The highest BCUT2D eigenvalue weighted by Gasteiger charge is 2.18. The van der Waals surface area contributed by atoms with E-state index < -0.39 is 5.91 Å². The van der Waals surface area contributed by atoms with Crippen LogP contribution in [0.25, 0.3) is 6.08 Å². The van der Waals surface area contributed by atoms with Gasteiger partial charge in [-0.2, -0.15) is 0 Å². The highest BCUT2D eigenvalue weighted by molar-refractivity contribution is 7.80. The first-order valence-corrected chi connectivity index (χ1v) is 10.8. The second kappa shape index (κ2) is 10.9. The lowest BCUT2D eigenvalue weighted by molar-refractivity contribution is -0.115. The molecule has 7 heteroatoms. The molecule has 5 nitrogen and oxygen atoms in total. The van der Waals surface area contributed by atoms with Gasteiger partial charge in [-0.15, -0.1) is 0 Å². The van der Waals surface area contributed by atoms with Gasteiger partial charge in [0.2, 0.25) is 5.91 Å². The van der Waals surface area contributed by atoms with E-state index in [0.717, 1.165) is 31.2 Å². The van der Waals surface area contributed by atoms with E-state index in [2.05, 4.69) is 16.0 Å². The molecule has 1 aliphatic carbocycles. The molecule has 0 heterocycles. The molecule has 0 aliphatic heterocycles. The summed E-state index contributed by atoms with van der Waals surface area (Å²) in [5.74, 6) is -0.533. The lowest BCUT2D eigenvalue weighted by Crippen LogP contribution is -2.37. The minimum absolute atomic E-state index is 0.113. The molecule has 1 saturated carbocycles. The first kappa shape index (κ1) is 22.0. The smallest absolute Gasteiger partial charge is 0.253 e. The lowest BCUT2D eigenvalue weighted by Gasteiger charge is -2.23. The van der Waals surface area contributed by atoms with E-state index in [1.807, 2.05) is 24.3 Å². The number of carbonyl (C=O) groups excluding carboxylic acids is 2. The summed E-state index contributed by atoms with van der Waals surface area (Å²) < 4.78 is 0. The number of hydrogen-bond acceptors (Lipinski definition) is 3. The predicted octanol–water partition coefficient (Wildman–Crippen LogP) is 4.93. The molecule has 2 amide bonds. The van der Waals surface area contributed by atoms with Crippen molar-refractivity contribution >= 4 is 52.5 Å². The van der Waals surface area contributed by atoms with Gasteiger partial charge in [0.25, 0.3) is 5.91 Å². The number of nitrogens with one attached hydrogen (secondary N) is 3. The van der Waals surface area contributed by atoms with E-state index in [4.69, 9.17) is 23.8 Å². The van der Waals surface area contributed by atoms with Crippen molar-refractivity contribution in [1.29, 1.82) is 0 Å². The van der Waals surface area contributed by atoms with Crippen LogP contribution in [0.5, 0.6) is 0 Å². The molecular formula is C23H24ClN3O2S. The summed E-state index contributed by atoms with van der Waals surface area (Å²) in [6, 6.07) is 14.5. The van der Waals surface area contributed by atoms with Crippen LogP contribution < -0.4 is 16.0 Å². The Bertz CT molecular complexity index is 955. The van der Waals surface area contributed by atoms with E-state index in [9.17, 15) is 9.59 Å². The molecule has 3 rings (SSSR count). The predicted molar refractivity (Wildman–Crippen MR) is 126 cm³/mol. The molecule has 0 unspecified atom stereocenters. The van der Waals surface area contributed by atoms with Crippen molar-refractivity contribution in [3.05, 3.63) is 70.8 Å². The summed E-state index contributed by atoms with van der Waals surface area (Å²) >= 11 is 11.3. The summed E-state index contributed by atoms with van der Waals surface area (Å²) in [4.78, 5) is 24.9. The van der Waals surface area contributed by atoms with E-state index in [1.165, 1.54) is 12.5 Å². The van der Waals surface area contributed by atoms with Crippen molar-refractivity contribution in [2.45, 2.75) is 38.1 Å². The number of halogens is 1. The third kappa shape index (κ3) is 6.40. The summed E-state index contributed by atoms with van der Waals surface area (Å²) in [5, 5.41) is 9.30. The molecule has 0 radical (unpaired) electrons. The fraction of sp³-hybridized carbons (Fsp3) is 0.261. The van der Waals surface area contributed by atoms with Gasteiger partial charge in [-0.3, -0.25) is 14.9 Å². The molecule has 2 aromatic rings. The van der Waals surface area contributed by atoms with Gasteiger partial charge in [0.05, 0.1) is 11.3 Å². The number of rotatable bonds is 5. The molecule has 0 saturated heterocycles. The van der Waals surface area contributed by atoms with Crippen LogP contribution in [0.2, 0.25) is 5.02 Å². The minimum Gasteiger partial charge on any atom is -0.349 e. The maximum absolute atomic E-state index is 12.7. The monoisotopic (exact) mass is 441 g/mol. The topological polar surface area (TPSA) is 70.2 Å². The SMILES string of the molecule is O=C(/C=C\c1ccccc1Cl)NC(=S)Nc1ccccc1C(=O)NC1CCCCC1. The summed E-state index contributed by atoms with van der Waals surface area (Å²) in [6.45, 7) is 0. The van der Waals surface area contributed by atoms with Crippen LogP contribution in [-0.2, 0) is 4.79 Å². The Morgan fingerprint density at radius 2 is 1.70 bits per heavy atom. The molecule has 156 valence electrons. The van der Waals surface area contributed by atoms with Gasteiger partial charge in [0.1, 0.15) is 0 Å². The number of carbonyl (C=O) groups is 2. The van der Waals surface area contributed by atoms with Crippen LogP contribution in [0.3, 0.4) is 0 Å². The fourth-order valence-electron chi connectivity index (χ4n) is 3.38. The van der Waals surface area contributed by atoms with Crippen molar-refractivity contribution < 1.29 is 9.59 Å². The van der Waals surface area contributed by atoms with Crippen molar-refractivity contribution in [3.63, 3.8) is 0 Å². The average molecular weight is 442 g/mol. The first-order valence-electron chi connectivity index (χ1n) is 9.97. The van der Waals surface area contributed by atoms with Crippen molar-refractivity contribution in [3.8, 4) is 0 Å². The highest BCUT2D eigenvalue weighted by atomic mass is 35.5. The third-order valence-corrected chi connectivity index (χ3v) is 5.46. The Morgan fingerprint density at radius 1 is 1.00 bits per heavy atom. The van der Waals surface area contributed by atoms with Crippen LogP contribution >= 0.6 is 23.8 Å². The minimum atomic E-state index is -0.392. The molecule has 3 N–H and O–H groups in total. The van der Waals surface area contributed by atoms with Crippen LogP contribution in [0.1, 0.15) is 48.0 Å². The van der Waals surface area contributed by atoms with Gasteiger partial charge < -0.3 is 10.6 Å². The molecule has 0 atom stereocenters. The van der Waals surface area contributed by atoms with E-state index in [-0.39, 0.29) is 17.1 Å². The van der Waals surface area contributed by atoms with Gasteiger partial charge in [-0.05, 0) is 54.9 Å². The maximum atomic E-state index is 12.7. The Morgan fingerprint density at radius 3 is 2.47 bits per heavy atom. The molecule has 30 heavy (non-hydrogen) atoms. The van der Waals surface area contributed by atoms with Crippen LogP contribution in [-0.4, -0.2) is 23.0 Å². The number of thiocarbonyl (C=S) groups is 1. The van der Waals surface area contributed by atoms with E-state index in [1.54, 1.807) is 30.3 Å². The summed E-state index contributed by atoms with van der Waals surface area (Å²) in [6.07, 6.45) is 8.50. The van der Waals surface area contributed by atoms with E-state index in [0.29, 0.717) is 16.3 Å². The van der Waals surface area contributed by atoms with Crippen molar-refractivity contribution in [1.82, 2.24) is 10.6 Å². The van der Waals surface area contributed by atoms with Gasteiger partial charge in [0.15, 0.2) is 5.11 Å². The molecule has 0 spiro atoms. The lowest BCUT2D eigenvalue weighted by atomic mass is 9.95. The summed E-state index contributed by atoms with van der Waals surface area (Å²) in [7, 11) is 0. The number of para-hydroxylation sites is 1. The maximum Gasteiger partial charge on any atom is 0.253 e. The Hall–Kier alpha value is -2.70. The number of anilines is 1. The van der Waals surface area contributed by atoms with E-state index >= 15 is 0 Å². The summed E-state index contributed by atoms with van der Waals surface area (Å²) in [5.41, 5.74) is 1.77. The molecule has 2 aromatic carbocycles. The molecule has 1 aliphatic rings. The standard InChI is InChI=1S/C23H24ClN3O2S/c24-19-12-6-4-8-16(19)14-15-21(28)27-23(30)26-20-13-7-5-11-18(20)22(29)25-17-9-2-1-3-10-17/h4-8,11-15,17H,1-3,9-10H2,(H,25,29)(H2,26,27,28,30)/b15-14-. The second-order valence-electron chi connectivity index (χ2n) is 7.15. The van der Waals surface area contributed by atoms with Crippen molar-refractivity contribution in [2.24, 2.45) is 0 Å².